The summed E-state index contributed by atoms with van der Waals surface area (Å²) in [5, 5.41) is 4.01. The Morgan fingerprint density at radius 2 is 2.16 bits per heavy atom. The molecule has 1 aromatic heterocycles. The second kappa shape index (κ2) is 7.30. The summed E-state index contributed by atoms with van der Waals surface area (Å²) in [4.78, 5) is 17.1. The van der Waals surface area contributed by atoms with E-state index >= 15 is 0 Å². The summed E-state index contributed by atoms with van der Waals surface area (Å²) in [5.41, 5.74) is 0.463. The van der Waals surface area contributed by atoms with Crippen molar-refractivity contribution in [1.82, 2.24) is 10.3 Å². The van der Waals surface area contributed by atoms with E-state index in [0.29, 0.717) is 12.4 Å². The first-order chi connectivity index (χ1) is 11.9. The predicted molar refractivity (Wildman–Crippen MR) is 101 cm³/mol. The van der Waals surface area contributed by atoms with Crippen LogP contribution in [0.1, 0.15) is 26.7 Å². The molecular weight excluding hydrogens is 384 g/mol. The molecule has 1 heterocycles. The van der Waals surface area contributed by atoms with Gasteiger partial charge in [0, 0.05) is 29.1 Å². The van der Waals surface area contributed by atoms with Gasteiger partial charge in [-0.3, -0.25) is 9.78 Å². The number of methoxy groups -OCH3 is 1. The lowest BCUT2D eigenvalue weighted by Gasteiger charge is -2.28. The Morgan fingerprint density at radius 3 is 2.84 bits per heavy atom. The van der Waals surface area contributed by atoms with Crippen molar-refractivity contribution in [2.24, 2.45) is 5.92 Å². The van der Waals surface area contributed by atoms with E-state index in [-0.39, 0.29) is 11.8 Å². The first kappa shape index (κ1) is 18.1. The lowest BCUT2D eigenvalue weighted by Crippen LogP contribution is -2.52. The fourth-order valence-electron chi connectivity index (χ4n) is 2.87. The summed E-state index contributed by atoms with van der Waals surface area (Å²) in [7, 11) is 1.63. The van der Waals surface area contributed by atoms with Gasteiger partial charge >= 0.3 is 0 Å². The summed E-state index contributed by atoms with van der Waals surface area (Å²) < 4.78 is 12.2. The number of pyridine rings is 1. The van der Waals surface area contributed by atoms with E-state index in [2.05, 4.69) is 26.2 Å². The zero-order chi connectivity index (χ0) is 18.0. The molecule has 1 saturated carbocycles. The summed E-state index contributed by atoms with van der Waals surface area (Å²) in [6.45, 7) is 4.33. The van der Waals surface area contributed by atoms with E-state index in [1.807, 2.05) is 38.1 Å². The van der Waals surface area contributed by atoms with Crippen LogP contribution in [0.5, 0.6) is 5.75 Å². The number of rotatable bonds is 7. The van der Waals surface area contributed by atoms with Gasteiger partial charge < -0.3 is 14.8 Å². The van der Waals surface area contributed by atoms with E-state index < -0.39 is 11.6 Å². The Morgan fingerprint density at radius 1 is 1.40 bits per heavy atom. The number of fused-ring (bicyclic) bond motifs is 1. The first-order valence-electron chi connectivity index (χ1n) is 8.41. The van der Waals surface area contributed by atoms with Crippen LogP contribution in [0.15, 0.2) is 34.9 Å². The molecule has 134 valence electrons. The third-order valence-electron chi connectivity index (χ3n) is 4.16. The highest BCUT2D eigenvalue weighted by molar-refractivity contribution is 9.10. The van der Waals surface area contributed by atoms with E-state index in [1.54, 1.807) is 13.3 Å². The Labute approximate surface area is 156 Å². The minimum atomic E-state index is -0.478. The van der Waals surface area contributed by atoms with Gasteiger partial charge in [-0.05, 0) is 66.9 Å². The van der Waals surface area contributed by atoms with Crippen molar-refractivity contribution in [2.45, 2.75) is 38.3 Å². The van der Waals surface area contributed by atoms with Gasteiger partial charge in [0.2, 0.25) is 0 Å². The summed E-state index contributed by atoms with van der Waals surface area (Å²) in [5.74, 6) is 0.871. The quantitative estimate of drug-likeness (QED) is 0.761. The molecule has 25 heavy (non-hydrogen) atoms. The van der Waals surface area contributed by atoms with Crippen molar-refractivity contribution in [3.8, 4) is 5.75 Å². The van der Waals surface area contributed by atoms with Crippen LogP contribution in [-0.2, 0) is 9.53 Å². The second-order valence-corrected chi connectivity index (χ2v) is 8.11. The number of nitrogens with one attached hydrogen (secondary N) is 1. The number of carbonyl (C=O) groups is 1. The lowest BCUT2D eigenvalue weighted by molar-refractivity contribution is -0.131. The normalized spacial score (nSPS) is 15.8. The predicted octanol–water partition coefficient (Wildman–Crippen LogP) is 3.70. The summed E-state index contributed by atoms with van der Waals surface area (Å²) >= 11 is 3.43. The molecule has 1 fully saturated rings. The van der Waals surface area contributed by atoms with Crippen LogP contribution in [0.2, 0.25) is 0 Å². The number of ether oxygens (including phenoxy) is 2. The molecule has 1 aromatic carbocycles. The van der Waals surface area contributed by atoms with Crippen molar-refractivity contribution < 1.29 is 14.3 Å². The third-order valence-corrected chi connectivity index (χ3v) is 4.59. The molecule has 0 spiro atoms. The SMILES string of the molecule is COCC(C)(C)NC(=O)C(Oc1ccc2ncc(Br)cc2c1)C1CC1. The molecule has 1 amide bonds. The van der Waals surface area contributed by atoms with E-state index in [0.717, 1.165) is 28.2 Å². The molecule has 0 saturated heterocycles. The molecule has 5 nitrogen and oxygen atoms in total. The number of hydrogen-bond donors (Lipinski definition) is 1. The number of aromatic nitrogens is 1. The van der Waals surface area contributed by atoms with Crippen molar-refractivity contribution in [2.75, 3.05) is 13.7 Å². The highest BCUT2D eigenvalue weighted by Gasteiger charge is 2.39. The number of amides is 1. The molecule has 0 radical (unpaired) electrons. The topological polar surface area (TPSA) is 60.5 Å². The fraction of sp³-hybridized carbons (Fsp3) is 0.474. The second-order valence-electron chi connectivity index (χ2n) is 7.19. The Bertz CT molecular complexity index is 774. The van der Waals surface area contributed by atoms with E-state index in [1.165, 1.54) is 0 Å². The summed E-state index contributed by atoms with van der Waals surface area (Å²) in [6.07, 6.45) is 3.32. The highest BCUT2D eigenvalue weighted by atomic mass is 79.9. The average molecular weight is 407 g/mol. The van der Waals surface area contributed by atoms with Gasteiger partial charge in [-0.25, -0.2) is 0 Å². The van der Waals surface area contributed by atoms with Gasteiger partial charge in [0.05, 0.1) is 17.7 Å². The molecule has 0 aliphatic heterocycles. The molecule has 6 heteroatoms. The van der Waals surface area contributed by atoms with Crippen molar-refractivity contribution in [3.63, 3.8) is 0 Å². The zero-order valence-electron chi connectivity index (χ0n) is 14.7. The van der Waals surface area contributed by atoms with Crippen LogP contribution in [0.4, 0.5) is 0 Å². The van der Waals surface area contributed by atoms with Gasteiger partial charge in [0.25, 0.3) is 5.91 Å². The molecule has 3 rings (SSSR count). The van der Waals surface area contributed by atoms with Gasteiger partial charge in [-0.2, -0.15) is 0 Å². The van der Waals surface area contributed by atoms with Crippen LogP contribution < -0.4 is 10.1 Å². The number of halogens is 1. The van der Waals surface area contributed by atoms with Crippen LogP contribution in [0.25, 0.3) is 10.9 Å². The Hall–Kier alpha value is -1.66. The maximum Gasteiger partial charge on any atom is 0.261 e. The zero-order valence-corrected chi connectivity index (χ0v) is 16.3. The van der Waals surface area contributed by atoms with Crippen LogP contribution >= 0.6 is 15.9 Å². The maximum atomic E-state index is 12.7. The largest absolute Gasteiger partial charge is 0.480 e. The number of carbonyl (C=O) groups excluding carboxylic acids is 1. The van der Waals surface area contributed by atoms with Gasteiger partial charge in [0.1, 0.15) is 5.75 Å². The summed E-state index contributed by atoms with van der Waals surface area (Å²) in [6, 6.07) is 7.69. The van der Waals surface area contributed by atoms with E-state index in [4.69, 9.17) is 9.47 Å². The molecule has 1 atom stereocenters. The van der Waals surface area contributed by atoms with Crippen LogP contribution in [0, 0.1) is 5.92 Å². The fourth-order valence-corrected chi connectivity index (χ4v) is 3.22. The minimum Gasteiger partial charge on any atom is -0.480 e. The standard InChI is InChI=1S/C19H23BrN2O3/c1-19(2,11-24-3)22-18(23)17(12-4-5-12)25-15-6-7-16-13(9-15)8-14(20)10-21-16/h6-10,12,17H,4-5,11H2,1-3H3,(H,22,23). The Kier molecular flexibility index (Phi) is 5.29. The van der Waals surface area contributed by atoms with Crippen molar-refractivity contribution >= 4 is 32.7 Å². The van der Waals surface area contributed by atoms with Crippen LogP contribution in [0.3, 0.4) is 0 Å². The molecule has 2 aromatic rings. The maximum absolute atomic E-state index is 12.7. The van der Waals surface area contributed by atoms with Gasteiger partial charge in [-0.15, -0.1) is 0 Å². The third kappa shape index (κ3) is 4.70. The van der Waals surface area contributed by atoms with Crippen molar-refractivity contribution in [1.29, 1.82) is 0 Å². The lowest BCUT2D eigenvalue weighted by atomic mass is 10.1. The number of benzene rings is 1. The molecule has 1 unspecified atom stereocenters. The highest BCUT2D eigenvalue weighted by Crippen LogP contribution is 2.36. The average Bonchev–Trinajstić information content (AvgIpc) is 3.36. The molecule has 1 N–H and O–H groups in total. The minimum absolute atomic E-state index is 0.0861. The molecule has 1 aliphatic rings. The molecule has 1 aliphatic carbocycles. The van der Waals surface area contributed by atoms with Gasteiger partial charge in [-0.1, -0.05) is 0 Å². The number of nitrogens with zero attached hydrogens (tertiary/aromatic N) is 1. The first-order valence-corrected chi connectivity index (χ1v) is 9.20. The molecule has 0 bridgehead atoms. The number of hydrogen-bond acceptors (Lipinski definition) is 4. The smallest absolute Gasteiger partial charge is 0.261 e. The van der Waals surface area contributed by atoms with Gasteiger partial charge in [0.15, 0.2) is 6.10 Å². The monoisotopic (exact) mass is 406 g/mol. The van der Waals surface area contributed by atoms with Crippen molar-refractivity contribution in [3.05, 3.63) is 34.9 Å². The van der Waals surface area contributed by atoms with Crippen LogP contribution in [-0.4, -0.2) is 36.3 Å². The van der Waals surface area contributed by atoms with E-state index in [9.17, 15) is 4.79 Å². The Balaban J connectivity index is 1.77. The molecular formula is C19H23BrN2O3.